The first-order valence-electron chi connectivity index (χ1n) is 10.2. The van der Waals surface area contributed by atoms with Gasteiger partial charge in [-0.05, 0) is 42.1 Å². The van der Waals surface area contributed by atoms with Crippen LogP contribution in [-0.4, -0.2) is 56.5 Å². The van der Waals surface area contributed by atoms with Crippen LogP contribution in [0.2, 0.25) is 0 Å². The normalized spacial score (nSPS) is 15.5. The van der Waals surface area contributed by atoms with E-state index >= 15 is 0 Å². The number of fused-ring (bicyclic) bond motifs is 2. The zero-order valence-electron chi connectivity index (χ0n) is 17.2. The molecule has 31 heavy (non-hydrogen) atoms. The van der Waals surface area contributed by atoms with Crippen molar-refractivity contribution >= 4 is 43.5 Å². The minimum absolute atomic E-state index is 0.204. The molecule has 0 unspecified atom stereocenters. The lowest BCUT2D eigenvalue weighted by atomic mass is 10.1. The number of nitrogens with zero attached hydrogens (tertiary/aromatic N) is 4. The molecule has 158 valence electrons. The molecule has 4 aromatic rings. The summed E-state index contributed by atoms with van der Waals surface area (Å²) >= 11 is 0. The van der Waals surface area contributed by atoms with Crippen LogP contribution in [0.25, 0.3) is 21.7 Å². The molecule has 1 aliphatic heterocycles. The van der Waals surface area contributed by atoms with Gasteiger partial charge in [-0.1, -0.05) is 42.5 Å². The van der Waals surface area contributed by atoms with Crippen LogP contribution in [-0.2, 0) is 10.0 Å². The van der Waals surface area contributed by atoms with Crippen molar-refractivity contribution in [2.75, 3.05) is 42.8 Å². The highest BCUT2D eigenvalue weighted by molar-refractivity contribution is 7.92. The van der Waals surface area contributed by atoms with Crippen molar-refractivity contribution < 1.29 is 8.42 Å². The zero-order chi connectivity index (χ0) is 21.4. The minimum Gasteiger partial charge on any atom is -0.338 e. The second-order valence-corrected chi connectivity index (χ2v) is 9.48. The summed E-state index contributed by atoms with van der Waals surface area (Å²) in [7, 11) is -1.73. The largest absolute Gasteiger partial charge is 0.338 e. The van der Waals surface area contributed by atoms with E-state index in [0.29, 0.717) is 22.7 Å². The third-order valence-electron chi connectivity index (χ3n) is 5.64. The third kappa shape index (κ3) is 3.92. The van der Waals surface area contributed by atoms with E-state index in [9.17, 15) is 8.42 Å². The smallest absolute Gasteiger partial charge is 0.263 e. The Morgan fingerprint density at radius 2 is 1.55 bits per heavy atom. The molecule has 0 bridgehead atoms. The minimum atomic E-state index is -3.82. The Kier molecular flexibility index (Phi) is 4.95. The summed E-state index contributed by atoms with van der Waals surface area (Å²) < 4.78 is 29.2. The maximum Gasteiger partial charge on any atom is 0.263 e. The van der Waals surface area contributed by atoms with Gasteiger partial charge >= 0.3 is 0 Å². The Morgan fingerprint density at radius 3 is 2.35 bits per heavy atom. The van der Waals surface area contributed by atoms with Crippen molar-refractivity contribution in [1.29, 1.82) is 0 Å². The van der Waals surface area contributed by atoms with Crippen LogP contribution in [0.1, 0.15) is 0 Å². The van der Waals surface area contributed by atoms with Gasteiger partial charge in [-0.3, -0.25) is 4.72 Å². The van der Waals surface area contributed by atoms with Crippen LogP contribution in [0.3, 0.4) is 0 Å². The molecule has 1 aromatic heterocycles. The molecule has 0 amide bonds. The molecule has 2 heterocycles. The maximum absolute atomic E-state index is 13.2. The van der Waals surface area contributed by atoms with Crippen LogP contribution < -0.4 is 9.62 Å². The fourth-order valence-corrected chi connectivity index (χ4v) is 4.87. The van der Waals surface area contributed by atoms with Crippen molar-refractivity contribution in [2.45, 2.75) is 4.90 Å². The van der Waals surface area contributed by atoms with E-state index in [1.165, 1.54) is 0 Å². The lowest BCUT2D eigenvalue weighted by Crippen LogP contribution is -2.45. The van der Waals surface area contributed by atoms with Gasteiger partial charge in [-0.15, -0.1) is 0 Å². The SMILES string of the molecule is CN1CCN(c2nc(NS(=O)(=O)c3ccc4ccccc4c3)c3ccccc3n2)CC1. The number of hydrogen-bond acceptors (Lipinski definition) is 6. The number of likely N-dealkylation sites (N-methyl/N-ethyl adjacent to an activating group) is 1. The van der Waals surface area contributed by atoms with Gasteiger partial charge in [-0.2, -0.15) is 4.98 Å². The van der Waals surface area contributed by atoms with Gasteiger partial charge in [0.25, 0.3) is 10.0 Å². The molecule has 1 fully saturated rings. The van der Waals surface area contributed by atoms with E-state index in [1.807, 2.05) is 54.6 Å². The molecule has 0 atom stereocenters. The van der Waals surface area contributed by atoms with Crippen LogP contribution in [0.5, 0.6) is 0 Å². The van der Waals surface area contributed by atoms with Gasteiger partial charge in [0, 0.05) is 31.6 Å². The molecule has 8 heteroatoms. The molecular formula is C23H23N5O2S. The first-order chi connectivity index (χ1) is 15.0. The standard InChI is InChI=1S/C23H23N5O2S/c1-27-12-14-28(15-13-27)23-24-21-9-5-4-8-20(21)22(25-23)26-31(29,30)19-11-10-17-6-2-3-7-18(17)16-19/h2-11,16H,12-15H2,1H3,(H,24,25,26). The van der Waals surface area contributed by atoms with E-state index in [-0.39, 0.29) is 4.90 Å². The van der Waals surface area contributed by atoms with Crippen molar-refractivity contribution in [3.8, 4) is 0 Å². The van der Waals surface area contributed by atoms with Crippen LogP contribution in [0, 0.1) is 0 Å². The maximum atomic E-state index is 13.2. The lowest BCUT2D eigenvalue weighted by Gasteiger charge is -2.32. The van der Waals surface area contributed by atoms with Crippen LogP contribution in [0.15, 0.2) is 71.6 Å². The molecule has 1 N–H and O–H groups in total. The molecule has 0 aliphatic carbocycles. The summed E-state index contributed by atoms with van der Waals surface area (Å²) in [5.41, 5.74) is 0.711. The Hall–Kier alpha value is -3.23. The van der Waals surface area contributed by atoms with Crippen molar-refractivity contribution in [3.05, 3.63) is 66.7 Å². The second kappa shape index (κ2) is 7.79. The van der Waals surface area contributed by atoms with Crippen LogP contribution in [0.4, 0.5) is 11.8 Å². The molecule has 1 aliphatic rings. The number of benzene rings is 3. The summed E-state index contributed by atoms with van der Waals surface area (Å²) in [6, 6.07) is 20.3. The van der Waals surface area contributed by atoms with E-state index in [0.717, 1.165) is 37.0 Å². The van der Waals surface area contributed by atoms with Gasteiger partial charge in [0.1, 0.15) is 0 Å². The number of aromatic nitrogens is 2. The number of hydrogen-bond donors (Lipinski definition) is 1. The van der Waals surface area contributed by atoms with E-state index < -0.39 is 10.0 Å². The number of piperazine rings is 1. The van der Waals surface area contributed by atoms with Crippen LogP contribution >= 0.6 is 0 Å². The number of anilines is 2. The van der Waals surface area contributed by atoms with Gasteiger partial charge in [0.05, 0.1) is 10.4 Å². The summed E-state index contributed by atoms with van der Waals surface area (Å²) in [5.74, 6) is 0.843. The lowest BCUT2D eigenvalue weighted by molar-refractivity contribution is 0.311. The van der Waals surface area contributed by atoms with E-state index in [1.54, 1.807) is 12.1 Å². The van der Waals surface area contributed by atoms with Crippen molar-refractivity contribution in [1.82, 2.24) is 14.9 Å². The number of sulfonamides is 1. The first kappa shape index (κ1) is 19.7. The molecule has 0 saturated carbocycles. The summed E-state index contributed by atoms with van der Waals surface area (Å²) in [4.78, 5) is 13.9. The fraction of sp³-hybridized carbons (Fsp3) is 0.217. The Bertz CT molecular complexity index is 1370. The van der Waals surface area contributed by atoms with Crippen molar-refractivity contribution in [2.24, 2.45) is 0 Å². The van der Waals surface area contributed by atoms with Gasteiger partial charge in [0.2, 0.25) is 5.95 Å². The Balaban J connectivity index is 1.55. The zero-order valence-corrected chi connectivity index (χ0v) is 18.0. The Labute approximate surface area is 181 Å². The number of rotatable bonds is 4. The monoisotopic (exact) mass is 433 g/mol. The quantitative estimate of drug-likeness (QED) is 0.532. The predicted molar refractivity (Wildman–Crippen MR) is 124 cm³/mol. The summed E-state index contributed by atoms with van der Waals surface area (Å²) in [6.45, 7) is 3.42. The third-order valence-corrected chi connectivity index (χ3v) is 6.98. The first-order valence-corrected chi connectivity index (χ1v) is 11.7. The molecule has 7 nitrogen and oxygen atoms in total. The van der Waals surface area contributed by atoms with E-state index in [2.05, 4.69) is 31.5 Å². The average Bonchev–Trinajstić information content (AvgIpc) is 2.79. The fourth-order valence-electron chi connectivity index (χ4n) is 3.81. The van der Waals surface area contributed by atoms with Gasteiger partial charge in [0.15, 0.2) is 5.82 Å². The summed E-state index contributed by atoms with van der Waals surface area (Å²) in [6.07, 6.45) is 0. The highest BCUT2D eigenvalue weighted by Crippen LogP contribution is 2.27. The highest BCUT2D eigenvalue weighted by Gasteiger charge is 2.21. The molecule has 0 radical (unpaired) electrons. The molecule has 1 saturated heterocycles. The van der Waals surface area contributed by atoms with Gasteiger partial charge in [-0.25, -0.2) is 13.4 Å². The van der Waals surface area contributed by atoms with E-state index in [4.69, 9.17) is 0 Å². The predicted octanol–water partition coefficient (Wildman–Crippen LogP) is 3.34. The molecule has 5 rings (SSSR count). The number of nitrogens with one attached hydrogen (secondary N) is 1. The topological polar surface area (TPSA) is 78.4 Å². The molecule has 0 spiro atoms. The van der Waals surface area contributed by atoms with Gasteiger partial charge < -0.3 is 9.80 Å². The second-order valence-electron chi connectivity index (χ2n) is 7.79. The highest BCUT2D eigenvalue weighted by atomic mass is 32.2. The average molecular weight is 434 g/mol. The number of para-hydroxylation sites is 1. The molecule has 3 aromatic carbocycles. The summed E-state index contributed by atoms with van der Waals surface area (Å²) in [5, 5.41) is 2.53. The Morgan fingerprint density at radius 1 is 0.839 bits per heavy atom. The van der Waals surface area contributed by atoms with Crippen molar-refractivity contribution in [3.63, 3.8) is 0 Å². The molecular weight excluding hydrogens is 410 g/mol.